The molecule has 2 aromatic carbocycles. The summed E-state index contributed by atoms with van der Waals surface area (Å²) in [5.74, 6) is 0. The number of nitrogen functional groups attached to an aromatic ring is 1. The fraction of sp³-hybridized carbons (Fsp3) is 0.333. The number of hydrogen-bond donors (Lipinski definition) is 5. The smallest absolute Gasteiger partial charge is 0.296 e. The van der Waals surface area contributed by atoms with E-state index >= 15 is 0 Å². The van der Waals surface area contributed by atoms with Crippen LogP contribution in [0.4, 0.5) is 5.69 Å². The molecule has 29 heavy (non-hydrogen) atoms. The van der Waals surface area contributed by atoms with Crippen molar-refractivity contribution < 1.29 is 38.9 Å². The van der Waals surface area contributed by atoms with E-state index in [1.807, 2.05) is 0 Å². The van der Waals surface area contributed by atoms with Crippen molar-refractivity contribution in [3.8, 4) is 0 Å². The van der Waals surface area contributed by atoms with Gasteiger partial charge in [0.15, 0.2) is 0 Å². The molecule has 0 saturated heterocycles. The molecule has 0 unspecified atom stereocenters. The van der Waals surface area contributed by atoms with Crippen LogP contribution in [0.2, 0.25) is 0 Å². The summed E-state index contributed by atoms with van der Waals surface area (Å²) in [6.45, 7) is 3.03. The summed E-state index contributed by atoms with van der Waals surface area (Å²) in [6, 6.07) is 2.78. The largest absolute Gasteiger partial charge is 0.398 e. The predicted octanol–water partition coefficient (Wildman–Crippen LogP) is 1.30. The van der Waals surface area contributed by atoms with Crippen LogP contribution >= 0.6 is 0 Å². The molecule has 2 aromatic rings. The third kappa shape index (κ3) is 6.88. The number of unbranched alkanes of at least 4 members (excludes halogenated alkanes) is 2. The first-order chi connectivity index (χ1) is 13.1. The molecule has 14 heteroatoms. The molecule has 0 spiro atoms. The molecule has 0 amide bonds. The van der Waals surface area contributed by atoms with Gasteiger partial charge in [-0.1, -0.05) is 19.8 Å². The summed E-state index contributed by atoms with van der Waals surface area (Å²) in [6.07, 6.45) is 3.75. The Morgan fingerprint density at radius 1 is 0.793 bits per heavy atom. The average Bonchev–Trinajstić information content (AvgIpc) is 2.56. The van der Waals surface area contributed by atoms with Crippen molar-refractivity contribution in [3.05, 3.63) is 24.3 Å². The Hall–Kier alpha value is -1.81. The zero-order valence-electron chi connectivity index (χ0n) is 15.3. The van der Waals surface area contributed by atoms with Gasteiger partial charge in [0.05, 0.1) is 10.6 Å². The topological polar surface area (TPSA) is 215 Å². The molecule has 0 fully saturated rings. The lowest BCUT2D eigenvalue weighted by Crippen LogP contribution is -2.07. The molecule has 7 N–H and O–H groups in total. The molecule has 0 aromatic heterocycles. The van der Waals surface area contributed by atoms with Crippen LogP contribution in [0.5, 0.6) is 0 Å². The van der Waals surface area contributed by atoms with Crippen LogP contribution in [0.3, 0.4) is 0 Å². The highest BCUT2D eigenvalue weighted by molar-refractivity contribution is 7.87. The first kappa shape index (κ1) is 25.2. The number of fused-ring (bicyclic) bond motifs is 1. The molecule has 0 aliphatic heterocycles. The second-order valence-corrected chi connectivity index (χ2v) is 10.2. The molecule has 2 rings (SSSR count). The summed E-state index contributed by atoms with van der Waals surface area (Å²) >= 11 is 0. The zero-order chi connectivity index (χ0) is 22.6. The van der Waals surface area contributed by atoms with E-state index in [4.69, 9.17) is 20.6 Å². The summed E-state index contributed by atoms with van der Waals surface area (Å²) in [5, 5.41) is -0.612. The first-order valence-electron chi connectivity index (χ1n) is 8.12. The Morgan fingerprint density at radius 2 is 1.34 bits per heavy atom. The summed E-state index contributed by atoms with van der Waals surface area (Å²) in [7, 11) is -14.5. The number of nitrogens with two attached hydrogens (primary N) is 2. The summed E-state index contributed by atoms with van der Waals surface area (Å²) in [5.41, 5.74) is 10.1. The van der Waals surface area contributed by atoms with Crippen LogP contribution in [-0.4, -0.2) is 45.5 Å². The van der Waals surface area contributed by atoms with E-state index in [0.717, 1.165) is 18.7 Å². The molecule has 0 aliphatic carbocycles. The molecular weight excluding hydrogens is 448 g/mol. The van der Waals surface area contributed by atoms with Gasteiger partial charge in [0.1, 0.15) is 9.79 Å². The lowest BCUT2D eigenvalue weighted by molar-refractivity contribution is 0.480. The maximum absolute atomic E-state index is 11.4. The SMILES string of the molecule is CCCCCN.Nc1cc2c(S(=O)(=O)O)cc(S(=O)(=O)O)cc2cc1S(=O)(=O)O. The molecule has 0 aliphatic rings. The van der Waals surface area contributed by atoms with E-state index in [9.17, 15) is 29.8 Å². The quantitative estimate of drug-likeness (QED) is 0.230. The van der Waals surface area contributed by atoms with Crippen LogP contribution in [0.25, 0.3) is 10.8 Å². The minimum absolute atomic E-state index is 0.301. The summed E-state index contributed by atoms with van der Waals surface area (Å²) < 4.78 is 94.8. The second-order valence-electron chi connectivity index (χ2n) is 5.95. The maximum atomic E-state index is 11.4. The van der Waals surface area contributed by atoms with Gasteiger partial charge in [0, 0.05) is 5.39 Å². The molecule has 0 radical (unpaired) electrons. The monoisotopic (exact) mass is 470 g/mol. The Balaban J connectivity index is 0.000000612. The van der Waals surface area contributed by atoms with Crippen LogP contribution in [0, 0.1) is 0 Å². The minimum atomic E-state index is -4.92. The predicted molar refractivity (Wildman–Crippen MR) is 106 cm³/mol. The van der Waals surface area contributed by atoms with Crippen molar-refractivity contribution in [2.75, 3.05) is 12.3 Å². The molecule has 0 bridgehead atoms. The molecule has 0 heterocycles. The van der Waals surface area contributed by atoms with Gasteiger partial charge in [-0.3, -0.25) is 13.7 Å². The normalized spacial score (nSPS) is 12.4. The Labute approximate surface area is 169 Å². The average molecular weight is 471 g/mol. The molecule has 0 atom stereocenters. The first-order valence-corrected chi connectivity index (χ1v) is 12.4. The summed E-state index contributed by atoms with van der Waals surface area (Å²) in [4.78, 5) is -2.60. The van der Waals surface area contributed by atoms with Crippen LogP contribution in [0.1, 0.15) is 26.2 Å². The van der Waals surface area contributed by atoms with Gasteiger partial charge in [0.2, 0.25) is 0 Å². The molecule has 11 nitrogen and oxygen atoms in total. The fourth-order valence-electron chi connectivity index (χ4n) is 2.33. The van der Waals surface area contributed by atoms with Crippen LogP contribution in [-0.2, 0) is 30.4 Å². The Morgan fingerprint density at radius 3 is 1.72 bits per heavy atom. The Bertz CT molecular complexity index is 1200. The molecular formula is C15H22N2O9S3. The number of benzene rings is 2. The van der Waals surface area contributed by atoms with E-state index in [1.54, 1.807) is 0 Å². The van der Waals surface area contributed by atoms with Gasteiger partial charge < -0.3 is 11.5 Å². The van der Waals surface area contributed by atoms with E-state index in [-0.39, 0.29) is 10.8 Å². The zero-order valence-corrected chi connectivity index (χ0v) is 17.8. The third-order valence-electron chi connectivity index (χ3n) is 3.68. The minimum Gasteiger partial charge on any atom is -0.398 e. The van der Waals surface area contributed by atoms with E-state index in [1.165, 1.54) is 19.3 Å². The molecule has 164 valence electrons. The lowest BCUT2D eigenvalue weighted by atomic mass is 10.1. The van der Waals surface area contributed by atoms with Gasteiger partial charge in [-0.15, -0.1) is 0 Å². The fourth-order valence-corrected chi connectivity index (χ4v) is 4.31. The van der Waals surface area contributed by atoms with Crippen molar-refractivity contribution in [1.82, 2.24) is 0 Å². The second kappa shape index (κ2) is 9.34. The lowest BCUT2D eigenvalue weighted by Gasteiger charge is -2.10. The number of hydrogen-bond acceptors (Lipinski definition) is 8. The standard InChI is InChI=1S/C10H9NO9S3.C5H13N/c11-8-4-7-5(2-10(8)23(18,19)20)1-6(21(12,13)14)3-9(7)22(15,16)17;1-2-3-4-5-6/h1-4H,11H2,(H,12,13,14)(H,15,16,17)(H,18,19,20);2-6H2,1H3. The van der Waals surface area contributed by atoms with Crippen molar-refractivity contribution in [3.63, 3.8) is 0 Å². The third-order valence-corrected chi connectivity index (χ3v) is 6.31. The van der Waals surface area contributed by atoms with Crippen molar-refractivity contribution >= 4 is 46.8 Å². The Kier molecular flexibility index (Phi) is 8.12. The van der Waals surface area contributed by atoms with Gasteiger partial charge in [0.25, 0.3) is 30.4 Å². The van der Waals surface area contributed by atoms with Crippen LogP contribution < -0.4 is 11.5 Å². The molecule has 0 saturated carbocycles. The van der Waals surface area contributed by atoms with Gasteiger partial charge in [-0.25, -0.2) is 0 Å². The highest BCUT2D eigenvalue weighted by Crippen LogP contribution is 2.32. The van der Waals surface area contributed by atoms with Crippen molar-refractivity contribution in [1.29, 1.82) is 0 Å². The van der Waals surface area contributed by atoms with E-state index in [0.29, 0.717) is 12.1 Å². The highest BCUT2D eigenvalue weighted by Gasteiger charge is 2.23. The highest BCUT2D eigenvalue weighted by atomic mass is 32.2. The van der Waals surface area contributed by atoms with Gasteiger partial charge in [-0.05, 0) is 42.6 Å². The number of rotatable bonds is 6. The van der Waals surface area contributed by atoms with Crippen molar-refractivity contribution in [2.45, 2.75) is 40.9 Å². The van der Waals surface area contributed by atoms with Crippen LogP contribution in [0.15, 0.2) is 39.0 Å². The van der Waals surface area contributed by atoms with Crippen molar-refractivity contribution in [2.24, 2.45) is 5.73 Å². The van der Waals surface area contributed by atoms with E-state index < -0.39 is 50.7 Å². The van der Waals surface area contributed by atoms with Gasteiger partial charge >= 0.3 is 0 Å². The van der Waals surface area contributed by atoms with Gasteiger partial charge in [-0.2, -0.15) is 25.3 Å². The maximum Gasteiger partial charge on any atom is 0.296 e. The van der Waals surface area contributed by atoms with E-state index in [2.05, 4.69) is 6.92 Å². The number of anilines is 1.